The van der Waals surface area contributed by atoms with Gasteiger partial charge in [0.1, 0.15) is 0 Å². The van der Waals surface area contributed by atoms with E-state index in [-0.39, 0.29) is 11.9 Å². The van der Waals surface area contributed by atoms with E-state index in [1.54, 1.807) is 4.68 Å². The van der Waals surface area contributed by atoms with Gasteiger partial charge in [0, 0.05) is 16.3 Å². The van der Waals surface area contributed by atoms with Gasteiger partial charge >= 0.3 is 5.97 Å². The molecule has 4 nitrogen and oxygen atoms in total. The second-order valence-corrected chi connectivity index (χ2v) is 5.16. The predicted molar refractivity (Wildman–Crippen MR) is 78.5 cm³/mol. The molecule has 5 heteroatoms. The summed E-state index contributed by atoms with van der Waals surface area (Å²) in [6.07, 6.45) is 0. The van der Waals surface area contributed by atoms with Crippen LogP contribution in [0.2, 0.25) is 5.02 Å². The van der Waals surface area contributed by atoms with Crippen LogP contribution in [0.3, 0.4) is 0 Å². The normalized spacial score (nSPS) is 12.2. The molecule has 0 bridgehead atoms. The Kier molecular flexibility index (Phi) is 4.14. The minimum atomic E-state index is -0.340. The van der Waals surface area contributed by atoms with Crippen LogP contribution in [0, 0.1) is 13.8 Å². The van der Waals surface area contributed by atoms with Crippen LogP contribution in [0.15, 0.2) is 24.3 Å². The van der Waals surface area contributed by atoms with Crippen molar-refractivity contribution in [2.24, 2.45) is 0 Å². The lowest BCUT2D eigenvalue weighted by Crippen LogP contribution is -2.12. The molecule has 0 N–H and O–H groups in total. The van der Waals surface area contributed by atoms with Crippen LogP contribution in [-0.2, 0) is 9.53 Å². The minimum Gasteiger partial charge on any atom is -0.469 e. The van der Waals surface area contributed by atoms with Gasteiger partial charge in [-0.1, -0.05) is 17.7 Å². The van der Waals surface area contributed by atoms with Gasteiger partial charge in [0.2, 0.25) is 0 Å². The van der Waals surface area contributed by atoms with E-state index >= 15 is 0 Å². The van der Waals surface area contributed by atoms with Crippen molar-refractivity contribution in [2.75, 3.05) is 7.11 Å². The zero-order chi connectivity index (χ0) is 14.9. The third kappa shape index (κ3) is 2.56. The first-order valence-corrected chi connectivity index (χ1v) is 6.73. The molecule has 0 saturated heterocycles. The number of aryl methyl sites for hydroxylation is 1. The molecule has 0 fully saturated rings. The number of carbonyl (C=O) groups excluding carboxylic acids is 1. The van der Waals surface area contributed by atoms with E-state index < -0.39 is 0 Å². The summed E-state index contributed by atoms with van der Waals surface area (Å²) in [5, 5.41) is 5.16. The summed E-state index contributed by atoms with van der Waals surface area (Å²) in [5.74, 6) is -0.602. The highest BCUT2D eigenvalue weighted by molar-refractivity contribution is 6.30. The molecular formula is C15H17ClN2O2. The average molecular weight is 293 g/mol. The molecule has 0 saturated carbocycles. The lowest BCUT2D eigenvalue weighted by molar-refractivity contribution is -0.142. The highest BCUT2D eigenvalue weighted by atomic mass is 35.5. The first-order valence-electron chi connectivity index (χ1n) is 6.35. The summed E-state index contributed by atoms with van der Waals surface area (Å²) in [6, 6.07) is 7.46. The first-order chi connectivity index (χ1) is 9.45. The molecule has 2 rings (SSSR count). The van der Waals surface area contributed by atoms with Crippen LogP contribution in [0.5, 0.6) is 0 Å². The number of carbonyl (C=O) groups is 1. The Hall–Kier alpha value is -1.81. The lowest BCUT2D eigenvalue weighted by atomic mass is 9.99. The number of ether oxygens (including phenoxy) is 1. The molecule has 0 spiro atoms. The average Bonchev–Trinajstić information content (AvgIpc) is 2.72. The summed E-state index contributed by atoms with van der Waals surface area (Å²) in [6.45, 7) is 5.66. The molecule has 0 aliphatic rings. The van der Waals surface area contributed by atoms with Crippen molar-refractivity contribution in [3.05, 3.63) is 46.2 Å². The van der Waals surface area contributed by atoms with E-state index in [0.29, 0.717) is 5.02 Å². The number of aromatic nitrogens is 2. The minimum absolute atomic E-state index is 0.262. The van der Waals surface area contributed by atoms with Crippen molar-refractivity contribution in [2.45, 2.75) is 26.7 Å². The molecule has 0 aliphatic carbocycles. The lowest BCUT2D eigenvalue weighted by Gasteiger charge is -2.10. The van der Waals surface area contributed by atoms with E-state index in [1.165, 1.54) is 7.11 Å². The summed E-state index contributed by atoms with van der Waals surface area (Å²) in [5.41, 5.74) is 3.52. The van der Waals surface area contributed by atoms with E-state index in [0.717, 1.165) is 22.6 Å². The number of rotatable bonds is 3. The van der Waals surface area contributed by atoms with Gasteiger partial charge in [-0.3, -0.25) is 4.79 Å². The van der Waals surface area contributed by atoms with Gasteiger partial charge in [-0.15, -0.1) is 0 Å². The van der Waals surface area contributed by atoms with Gasteiger partial charge < -0.3 is 4.74 Å². The van der Waals surface area contributed by atoms with Crippen molar-refractivity contribution in [1.82, 2.24) is 9.78 Å². The van der Waals surface area contributed by atoms with Crippen LogP contribution in [-0.4, -0.2) is 22.9 Å². The van der Waals surface area contributed by atoms with Crippen LogP contribution < -0.4 is 0 Å². The van der Waals surface area contributed by atoms with Crippen molar-refractivity contribution in [1.29, 1.82) is 0 Å². The van der Waals surface area contributed by atoms with Crippen LogP contribution in [0.25, 0.3) is 5.69 Å². The molecular weight excluding hydrogens is 276 g/mol. The number of methoxy groups -OCH3 is 1. The maximum absolute atomic E-state index is 11.7. The molecule has 1 atom stereocenters. The molecule has 0 radical (unpaired) electrons. The van der Waals surface area contributed by atoms with Gasteiger partial charge in [-0.25, -0.2) is 4.68 Å². The Labute approximate surface area is 123 Å². The molecule has 2 aromatic rings. The molecule has 20 heavy (non-hydrogen) atoms. The second-order valence-electron chi connectivity index (χ2n) is 4.72. The Morgan fingerprint density at radius 2 is 2.10 bits per heavy atom. The number of hydrogen-bond donors (Lipinski definition) is 0. The van der Waals surface area contributed by atoms with E-state index in [2.05, 4.69) is 5.10 Å². The van der Waals surface area contributed by atoms with Crippen molar-refractivity contribution < 1.29 is 9.53 Å². The summed E-state index contributed by atoms with van der Waals surface area (Å²) < 4.78 is 6.61. The fraction of sp³-hybridized carbons (Fsp3) is 0.333. The third-order valence-corrected chi connectivity index (χ3v) is 3.62. The van der Waals surface area contributed by atoms with Crippen molar-refractivity contribution in [3.8, 4) is 5.69 Å². The number of nitrogens with zero attached hydrogens (tertiary/aromatic N) is 2. The SMILES string of the molecule is COC(=O)C(C)c1c(C)nn(-c2cccc(Cl)c2)c1C. The smallest absolute Gasteiger partial charge is 0.312 e. The van der Waals surface area contributed by atoms with E-state index in [4.69, 9.17) is 16.3 Å². The Morgan fingerprint density at radius 1 is 1.40 bits per heavy atom. The van der Waals surface area contributed by atoms with Gasteiger partial charge in [-0.05, 0) is 39.0 Å². The highest BCUT2D eigenvalue weighted by Gasteiger charge is 2.24. The van der Waals surface area contributed by atoms with Gasteiger partial charge in [0.15, 0.2) is 0 Å². The fourth-order valence-corrected chi connectivity index (χ4v) is 2.62. The Balaban J connectivity index is 2.51. The highest BCUT2D eigenvalue weighted by Crippen LogP contribution is 2.27. The third-order valence-electron chi connectivity index (χ3n) is 3.39. The molecule has 1 aromatic carbocycles. The quantitative estimate of drug-likeness (QED) is 0.814. The zero-order valence-corrected chi connectivity index (χ0v) is 12.7. The molecule has 0 aliphatic heterocycles. The first kappa shape index (κ1) is 14.6. The summed E-state index contributed by atoms with van der Waals surface area (Å²) >= 11 is 6.01. The van der Waals surface area contributed by atoms with Gasteiger partial charge in [0.05, 0.1) is 24.4 Å². The summed E-state index contributed by atoms with van der Waals surface area (Å²) in [7, 11) is 1.39. The van der Waals surface area contributed by atoms with Crippen molar-refractivity contribution in [3.63, 3.8) is 0 Å². The monoisotopic (exact) mass is 292 g/mol. The van der Waals surface area contributed by atoms with E-state index in [1.807, 2.05) is 45.0 Å². The molecule has 1 unspecified atom stereocenters. The van der Waals surface area contributed by atoms with Gasteiger partial charge in [-0.2, -0.15) is 5.10 Å². The Morgan fingerprint density at radius 3 is 2.70 bits per heavy atom. The summed E-state index contributed by atoms with van der Waals surface area (Å²) in [4.78, 5) is 11.7. The number of benzene rings is 1. The van der Waals surface area contributed by atoms with Crippen LogP contribution in [0.1, 0.15) is 29.8 Å². The number of esters is 1. The maximum Gasteiger partial charge on any atom is 0.312 e. The molecule has 106 valence electrons. The number of hydrogen-bond acceptors (Lipinski definition) is 3. The standard InChI is InChI=1S/C15H17ClN2O2/c1-9(15(19)20-4)14-10(2)17-18(11(14)3)13-7-5-6-12(16)8-13/h5-9H,1-4H3. The van der Waals surface area contributed by atoms with Crippen molar-refractivity contribution >= 4 is 17.6 Å². The number of halogens is 1. The predicted octanol–water partition coefficient (Wildman–Crippen LogP) is 3.42. The topological polar surface area (TPSA) is 44.1 Å². The zero-order valence-electron chi connectivity index (χ0n) is 12.0. The fourth-order valence-electron chi connectivity index (χ4n) is 2.44. The second kappa shape index (κ2) is 5.67. The van der Waals surface area contributed by atoms with Crippen LogP contribution >= 0.6 is 11.6 Å². The van der Waals surface area contributed by atoms with E-state index in [9.17, 15) is 4.79 Å². The molecule has 0 amide bonds. The Bertz CT molecular complexity index is 649. The maximum atomic E-state index is 11.7. The molecule has 1 heterocycles. The van der Waals surface area contributed by atoms with Gasteiger partial charge in [0.25, 0.3) is 0 Å². The van der Waals surface area contributed by atoms with Crippen LogP contribution in [0.4, 0.5) is 0 Å². The largest absolute Gasteiger partial charge is 0.469 e. The molecule has 1 aromatic heterocycles.